The third-order valence-corrected chi connectivity index (χ3v) is 1.60. The molecule has 0 aliphatic heterocycles. The van der Waals surface area contributed by atoms with E-state index in [0.717, 1.165) is 11.6 Å². The van der Waals surface area contributed by atoms with Crippen LogP contribution >= 0.6 is 0 Å². The molecule has 5 heteroatoms. The highest BCUT2D eigenvalue weighted by molar-refractivity contribution is 4.88. The first-order chi connectivity index (χ1) is 5.63. The second kappa shape index (κ2) is 3.64. The largest absolute Gasteiger partial charge is 0.395 e. The van der Waals surface area contributed by atoms with Crippen LogP contribution in [0.1, 0.15) is 11.6 Å². The molecule has 0 bridgehead atoms. The van der Waals surface area contributed by atoms with Crippen LogP contribution in [0.3, 0.4) is 0 Å². The highest BCUT2D eigenvalue weighted by Gasteiger charge is 2.06. The number of aromatic nitrogens is 3. The van der Waals surface area contributed by atoms with E-state index in [1.807, 2.05) is 13.8 Å². The lowest BCUT2D eigenvalue weighted by atomic mass is 10.3. The van der Waals surface area contributed by atoms with E-state index in [9.17, 15) is 0 Å². The van der Waals surface area contributed by atoms with Gasteiger partial charge in [0.1, 0.15) is 11.6 Å². The second-order valence-electron chi connectivity index (χ2n) is 2.83. The van der Waals surface area contributed by atoms with Gasteiger partial charge >= 0.3 is 0 Å². The van der Waals surface area contributed by atoms with Crippen molar-refractivity contribution in [2.24, 2.45) is 5.73 Å². The van der Waals surface area contributed by atoms with Crippen LogP contribution in [0.15, 0.2) is 0 Å². The Kier molecular flexibility index (Phi) is 2.78. The van der Waals surface area contributed by atoms with E-state index in [-0.39, 0.29) is 12.6 Å². The summed E-state index contributed by atoms with van der Waals surface area (Å²) in [5.74, 6) is 1.56. The molecular weight excluding hydrogens is 156 g/mol. The van der Waals surface area contributed by atoms with Gasteiger partial charge in [-0.25, -0.2) is 9.67 Å². The molecule has 0 radical (unpaired) electrons. The normalized spacial score (nSPS) is 13.3. The van der Waals surface area contributed by atoms with Crippen LogP contribution in [-0.4, -0.2) is 32.5 Å². The second-order valence-corrected chi connectivity index (χ2v) is 2.83. The van der Waals surface area contributed by atoms with Gasteiger partial charge in [0, 0.05) is 6.04 Å². The summed E-state index contributed by atoms with van der Waals surface area (Å²) >= 11 is 0. The Bertz CT molecular complexity index is 258. The Morgan fingerprint density at radius 2 is 2.25 bits per heavy atom. The van der Waals surface area contributed by atoms with Crippen molar-refractivity contribution in [1.29, 1.82) is 0 Å². The number of aliphatic hydroxyl groups excluding tert-OH is 1. The number of rotatable bonds is 3. The summed E-state index contributed by atoms with van der Waals surface area (Å²) in [5, 5.41) is 12.8. The summed E-state index contributed by atoms with van der Waals surface area (Å²) < 4.78 is 1.70. The Hall–Kier alpha value is -0.940. The maximum absolute atomic E-state index is 8.71. The molecule has 0 aliphatic carbocycles. The molecule has 0 saturated carbocycles. The van der Waals surface area contributed by atoms with Gasteiger partial charge in [0.15, 0.2) is 0 Å². The molecule has 0 fully saturated rings. The highest BCUT2D eigenvalue weighted by atomic mass is 16.3. The van der Waals surface area contributed by atoms with E-state index < -0.39 is 0 Å². The molecule has 12 heavy (non-hydrogen) atoms. The minimum Gasteiger partial charge on any atom is -0.395 e. The average molecular weight is 170 g/mol. The summed E-state index contributed by atoms with van der Waals surface area (Å²) in [6.45, 7) is 4.18. The highest BCUT2D eigenvalue weighted by Crippen LogP contribution is 1.96. The molecule has 1 aromatic heterocycles. The summed E-state index contributed by atoms with van der Waals surface area (Å²) in [4.78, 5) is 4.11. The molecule has 0 aliphatic rings. The smallest absolute Gasteiger partial charge is 0.147 e. The maximum atomic E-state index is 8.71. The Labute approximate surface area is 71.2 Å². The van der Waals surface area contributed by atoms with Crippen molar-refractivity contribution in [3.05, 3.63) is 11.6 Å². The first kappa shape index (κ1) is 9.15. The number of aryl methyl sites for hydroxylation is 2. The van der Waals surface area contributed by atoms with Crippen molar-refractivity contribution in [3.63, 3.8) is 0 Å². The third-order valence-electron chi connectivity index (χ3n) is 1.60. The lowest BCUT2D eigenvalue weighted by Gasteiger charge is -2.07. The minimum atomic E-state index is -0.259. The van der Waals surface area contributed by atoms with Gasteiger partial charge < -0.3 is 10.8 Å². The van der Waals surface area contributed by atoms with Gasteiger partial charge in [-0.1, -0.05) is 0 Å². The molecule has 1 atom stereocenters. The lowest BCUT2D eigenvalue weighted by Crippen LogP contribution is -2.30. The van der Waals surface area contributed by atoms with Gasteiger partial charge in [0.2, 0.25) is 0 Å². The Morgan fingerprint density at radius 1 is 1.58 bits per heavy atom. The van der Waals surface area contributed by atoms with E-state index in [1.54, 1.807) is 4.68 Å². The van der Waals surface area contributed by atoms with E-state index in [4.69, 9.17) is 10.8 Å². The first-order valence-electron chi connectivity index (χ1n) is 3.88. The summed E-state index contributed by atoms with van der Waals surface area (Å²) in [5.41, 5.74) is 5.54. The van der Waals surface area contributed by atoms with E-state index >= 15 is 0 Å². The molecule has 0 saturated heterocycles. The van der Waals surface area contributed by atoms with Crippen molar-refractivity contribution in [1.82, 2.24) is 14.8 Å². The fraction of sp³-hybridized carbons (Fsp3) is 0.714. The van der Waals surface area contributed by atoms with Crippen LogP contribution in [0.4, 0.5) is 0 Å². The molecule has 1 rings (SSSR count). The number of nitrogens with zero attached hydrogens (tertiary/aromatic N) is 3. The van der Waals surface area contributed by atoms with Crippen LogP contribution in [0.5, 0.6) is 0 Å². The van der Waals surface area contributed by atoms with Crippen molar-refractivity contribution < 1.29 is 5.11 Å². The zero-order valence-corrected chi connectivity index (χ0v) is 7.36. The first-order valence-corrected chi connectivity index (χ1v) is 3.88. The molecule has 1 unspecified atom stereocenters. The monoisotopic (exact) mass is 170 g/mol. The van der Waals surface area contributed by atoms with Crippen LogP contribution in [0.25, 0.3) is 0 Å². The number of nitrogens with two attached hydrogens (primary N) is 1. The Balaban J connectivity index is 2.68. The molecule has 0 spiro atoms. The molecule has 0 amide bonds. The van der Waals surface area contributed by atoms with Crippen LogP contribution < -0.4 is 5.73 Å². The Morgan fingerprint density at radius 3 is 2.67 bits per heavy atom. The third kappa shape index (κ3) is 2.02. The molecular formula is C7H14N4O. The summed E-state index contributed by atoms with van der Waals surface area (Å²) in [7, 11) is 0. The van der Waals surface area contributed by atoms with Gasteiger partial charge in [0.05, 0.1) is 13.2 Å². The van der Waals surface area contributed by atoms with Crippen molar-refractivity contribution >= 4 is 0 Å². The van der Waals surface area contributed by atoms with Crippen LogP contribution in [0, 0.1) is 13.8 Å². The quantitative estimate of drug-likeness (QED) is 0.623. The minimum absolute atomic E-state index is 0.0294. The maximum Gasteiger partial charge on any atom is 0.147 e. The van der Waals surface area contributed by atoms with Gasteiger partial charge in [-0.2, -0.15) is 5.10 Å². The zero-order valence-electron chi connectivity index (χ0n) is 7.36. The number of hydrogen-bond donors (Lipinski definition) is 2. The zero-order chi connectivity index (χ0) is 9.14. The fourth-order valence-corrected chi connectivity index (χ4v) is 1.01. The van der Waals surface area contributed by atoms with E-state index in [2.05, 4.69) is 10.1 Å². The van der Waals surface area contributed by atoms with Crippen LogP contribution in [-0.2, 0) is 6.54 Å². The SMILES string of the molecule is Cc1nc(C)n(CC(N)CO)n1. The molecule has 1 aromatic rings. The summed E-state index contributed by atoms with van der Waals surface area (Å²) in [6.07, 6.45) is 0. The number of hydrogen-bond acceptors (Lipinski definition) is 4. The topological polar surface area (TPSA) is 77.0 Å². The summed E-state index contributed by atoms with van der Waals surface area (Å²) in [6, 6.07) is -0.259. The van der Waals surface area contributed by atoms with Crippen molar-refractivity contribution in [2.75, 3.05) is 6.61 Å². The molecule has 3 N–H and O–H groups in total. The van der Waals surface area contributed by atoms with Gasteiger partial charge in [-0.15, -0.1) is 0 Å². The van der Waals surface area contributed by atoms with Crippen molar-refractivity contribution in [3.8, 4) is 0 Å². The predicted octanol–water partition coefficient (Wildman–Crippen LogP) is -0.785. The van der Waals surface area contributed by atoms with Gasteiger partial charge in [-0.05, 0) is 13.8 Å². The van der Waals surface area contributed by atoms with Gasteiger partial charge in [0.25, 0.3) is 0 Å². The molecule has 1 heterocycles. The van der Waals surface area contributed by atoms with E-state index in [0.29, 0.717) is 6.54 Å². The standard InChI is InChI=1S/C7H14N4O/c1-5-9-6(2)11(10-5)3-7(8)4-12/h7,12H,3-4,8H2,1-2H3. The molecule has 5 nitrogen and oxygen atoms in total. The fourth-order valence-electron chi connectivity index (χ4n) is 1.01. The average Bonchev–Trinajstić information content (AvgIpc) is 2.30. The molecule has 0 aromatic carbocycles. The predicted molar refractivity (Wildman–Crippen MR) is 44.6 cm³/mol. The van der Waals surface area contributed by atoms with Crippen molar-refractivity contribution in [2.45, 2.75) is 26.4 Å². The molecule has 68 valence electrons. The lowest BCUT2D eigenvalue weighted by molar-refractivity contribution is 0.250. The van der Waals surface area contributed by atoms with E-state index in [1.165, 1.54) is 0 Å². The van der Waals surface area contributed by atoms with Gasteiger partial charge in [-0.3, -0.25) is 0 Å². The number of aliphatic hydroxyl groups is 1. The van der Waals surface area contributed by atoms with Crippen LogP contribution in [0.2, 0.25) is 0 Å².